The van der Waals surface area contributed by atoms with Gasteiger partial charge in [-0.2, -0.15) is 0 Å². The van der Waals surface area contributed by atoms with Crippen LogP contribution in [0, 0.1) is 0 Å². The van der Waals surface area contributed by atoms with Crippen molar-refractivity contribution >= 4 is 12.1 Å². The van der Waals surface area contributed by atoms with E-state index in [0.29, 0.717) is 19.8 Å². The van der Waals surface area contributed by atoms with Crippen LogP contribution in [0.15, 0.2) is 0 Å². The third-order valence-electron chi connectivity index (χ3n) is 10.0. The third-order valence-corrected chi connectivity index (χ3v) is 10.0. The van der Waals surface area contributed by atoms with Gasteiger partial charge in [0.05, 0.1) is 25.4 Å². The van der Waals surface area contributed by atoms with Gasteiger partial charge in [0.15, 0.2) is 5.79 Å². The molecule has 1 N–H and O–H groups in total. The van der Waals surface area contributed by atoms with Crippen molar-refractivity contribution in [3.05, 3.63) is 0 Å². The highest BCUT2D eigenvalue weighted by Gasteiger charge is 2.54. The lowest BCUT2D eigenvalue weighted by molar-refractivity contribution is -0.220. The topological polar surface area (TPSA) is 113 Å². The van der Waals surface area contributed by atoms with E-state index in [-0.39, 0.29) is 43.0 Å². The van der Waals surface area contributed by atoms with E-state index in [4.69, 9.17) is 33.5 Å². The quantitative estimate of drug-likeness (QED) is 0.0783. The van der Waals surface area contributed by atoms with E-state index in [9.17, 15) is 9.59 Å². The van der Waals surface area contributed by atoms with E-state index in [0.717, 1.165) is 64.2 Å². The summed E-state index contributed by atoms with van der Waals surface area (Å²) in [7, 11) is 0. The number of rotatable bonds is 24. The van der Waals surface area contributed by atoms with Crippen molar-refractivity contribution in [2.75, 3.05) is 26.4 Å². The molecule has 0 aromatic carbocycles. The van der Waals surface area contributed by atoms with Crippen LogP contribution in [0.3, 0.4) is 0 Å². The average Bonchev–Trinajstić information content (AvgIpc) is 3.49. The number of ether oxygens (including phenoxy) is 6. The molecule has 49 heavy (non-hydrogen) atoms. The predicted octanol–water partition coefficient (Wildman–Crippen LogP) is 8.59. The molecule has 286 valence electrons. The molecule has 0 aromatic rings. The number of amides is 1. The van der Waals surface area contributed by atoms with Crippen LogP contribution in [0.2, 0.25) is 0 Å². The minimum Gasteiger partial charge on any atom is -0.460 e. The molecule has 3 saturated heterocycles. The van der Waals surface area contributed by atoms with Gasteiger partial charge in [-0.3, -0.25) is 9.69 Å². The van der Waals surface area contributed by atoms with E-state index >= 15 is 0 Å². The van der Waals surface area contributed by atoms with Gasteiger partial charge in [-0.15, -0.1) is 0 Å². The molecule has 0 unspecified atom stereocenters. The molecule has 10 nitrogen and oxygen atoms in total. The zero-order valence-electron chi connectivity index (χ0n) is 31.9. The molecular formula is C39H71NO9. The Morgan fingerprint density at radius 1 is 0.837 bits per heavy atom. The fraction of sp³-hybridized carbons (Fsp3) is 0.949. The Balaban J connectivity index is 1.16. The van der Waals surface area contributed by atoms with Crippen molar-refractivity contribution in [2.24, 2.45) is 0 Å². The summed E-state index contributed by atoms with van der Waals surface area (Å²) in [5.41, 5.74) is -1.24. The zero-order chi connectivity index (χ0) is 35.8. The Morgan fingerprint density at radius 2 is 1.43 bits per heavy atom. The summed E-state index contributed by atoms with van der Waals surface area (Å²) < 4.78 is 36.1. The van der Waals surface area contributed by atoms with E-state index in [1.165, 1.54) is 71.1 Å². The standard InChI is InChI=1S/C39H71NO9/c1-31(42)46-33-24-26-39(47-34(35(33)48-39)23-19-15-17-21-27-41)25-20-16-13-11-9-7-8-10-12-14-18-22-28-44-29-32-30-45-38(5,6)40(32)36(43)49-37(2,3)4/h32-35,41H,7-30H2,1-6H3/t32-,33-,34+,35-,39+/m1/s1. The Hall–Kier alpha value is -1.46. The lowest BCUT2D eigenvalue weighted by atomic mass is 9.94. The van der Waals surface area contributed by atoms with Crippen molar-refractivity contribution < 1.29 is 43.1 Å². The molecule has 3 heterocycles. The van der Waals surface area contributed by atoms with E-state index in [1.807, 2.05) is 34.6 Å². The maximum atomic E-state index is 12.8. The Labute approximate surface area is 297 Å². The zero-order valence-corrected chi connectivity index (χ0v) is 31.9. The summed E-state index contributed by atoms with van der Waals surface area (Å²) in [6.07, 6.45) is 21.5. The molecule has 5 atom stereocenters. The maximum Gasteiger partial charge on any atom is 0.412 e. The van der Waals surface area contributed by atoms with Crippen molar-refractivity contribution in [2.45, 2.75) is 211 Å². The SMILES string of the molecule is CC(=O)O[C@@H]1CC[C@]2(CCCCCCCCCCCCCCOC[C@@H]3COC(C)(C)N3C(=O)OC(C)(C)C)O[C@H]1[C@H](CCCCCCO)O2. The van der Waals surface area contributed by atoms with Gasteiger partial charge in [0.1, 0.15) is 23.5 Å². The number of aliphatic hydroxyl groups excluding tert-OH is 1. The highest BCUT2D eigenvalue weighted by molar-refractivity contribution is 5.69. The molecule has 0 aromatic heterocycles. The van der Waals surface area contributed by atoms with Crippen molar-refractivity contribution in [1.29, 1.82) is 0 Å². The first-order valence-corrected chi connectivity index (χ1v) is 19.7. The summed E-state index contributed by atoms with van der Waals surface area (Å²) >= 11 is 0. The Kier molecular flexibility index (Phi) is 18.1. The van der Waals surface area contributed by atoms with Gasteiger partial charge in [0.25, 0.3) is 0 Å². The van der Waals surface area contributed by atoms with Gasteiger partial charge in [-0.1, -0.05) is 83.5 Å². The number of unbranched alkanes of at least 4 members (excludes halogenated alkanes) is 14. The number of esters is 1. The second kappa shape index (κ2) is 21.2. The van der Waals surface area contributed by atoms with Crippen molar-refractivity contribution in [3.63, 3.8) is 0 Å². The van der Waals surface area contributed by atoms with E-state index < -0.39 is 17.1 Å². The summed E-state index contributed by atoms with van der Waals surface area (Å²) in [6, 6.07) is -0.126. The molecule has 3 rings (SSSR count). The first-order chi connectivity index (χ1) is 23.4. The minimum atomic E-state index is -0.693. The van der Waals surface area contributed by atoms with Gasteiger partial charge in [0.2, 0.25) is 0 Å². The second-order valence-electron chi connectivity index (χ2n) is 16.1. The van der Waals surface area contributed by atoms with Crippen LogP contribution < -0.4 is 0 Å². The smallest absolute Gasteiger partial charge is 0.412 e. The fourth-order valence-electron chi connectivity index (χ4n) is 7.54. The number of hydrogen-bond donors (Lipinski definition) is 1. The fourth-order valence-corrected chi connectivity index (χ4v) is 7.54. The normalized spacial score (nSPS) is 26.3. The molecule has 2 bridgehead atoms. The van der Waals surface area contributed by atoms with Crippen LogP contribution in [0.4, 0.5) is 4.79 Å². The molecule has 0 radical (unpaired) electrons. The molecule has 3 aliphatic rings. The van der Waals surface area contributed by atoms with Gasteiger partial charge in [-0.25, -0.2) is 4.79 Å². The van der Waals surface area contributed by atoms with Crippen molar-refractivity contribution in [1.82, 2.24) is 4.90 Å². The van der Waals surface area contributed by atoms with E-state index in [2.05, 4.69) is 0 Å². The number of aliphatic hydroxyl groups is 1. The first-order valence-electron chi connectivity index (χ1n) is 19.7. The number of nitrogens with zero attached hydrogens (tertiary/aromatic N) is 1. The highest BCUT2D eigenvalue weighted by Crippen LogP contribution is 2.45. The van der Waals surface area contributed by atoms with Crippen LogP contribution in [0.1, 0.15) is 170 Å². The van der Waals surface area contributed by atoms with E-state index in [1.54, 1.807) is 4.90 Å². The molecular weight excluding hydrogens is 626 g/mol. The van der Waals surface area contributed by atoms with Crippen molar-refractivity contribution in [3.8, 4) is 0 Å². The molecule has 10 heteroatoms. The predicted molar refractivity (Wildman–Crippen MR) is 190 cm³/mol. The lowest BCUT2D eigenvalue weighted by Crippen LogP contribution is -2.51. The largest absolute Gasteiger partial charge is 0.460 e. The average molecular weight is 698 g/mol. The first kappa shape index (κ1) is 42.0. The molecule has 1 amide bonds. The third kappa shape index (κ3) is 15.0. The molecule has 0 saturated carbocycles. The Morgan fingerprint density at radius 3 is 2.04 bits per heavy atom. The molecule has 3 aliphatic heterocycles. The molecule has 0 aliphatic carbocycles. The van der Waals surface area contributed by atoms with Gasteiger partial charge < -0.3 is 33.5 Å². The minimum absolute atomic E-state index is 0.0157. The molecule has 3 fully saturated rings. The molecule has 0 spiro atoms. The summed E-state index contributed by atoms with van der Waals surface area (Å²) in [5, 5.41) is 9.04. The Bertz CT molecular complexity index is 953. The number of carbonyl (C=O) groups is 2. The van der Waals surface area contributed by atoms with Crippen LogP contribution in [0.5, 0.6) is 0 Å². The monoisotopic (exact) mass is 698 g/mol. The van der Waals surface area contributed by atoms with Gasteiger partial charge in [-0.05, 0) is 66.7 Å². The summed E-state index contributed by atoms with van der Waals surface area (Å²) in [4.78, 5) is 26.1. The van der Waals surface area contributed by atoms with Crippen LogP contribution in [0.25, 0.3) is 0 Å². The number of hydrogen-bond acceptors (Lipinski definition) is 9. The lowest BCUT2D eigenvalue weighted by Gasteiger charge is -2.35. The second-order valence-corrected chi connectivity index (χ2v) is 16.1. The van der Waals surface area contributed by atoms with Gasteiger partial charge in [0, 0.05) is 33.0 Å². The number of carbonyl (C=O) groups excluding carboxylic acids is 2. The summed E-state index contributed by atoms with van der Waals surface area (Å²) in [5.74, 6) is -0.753. The van der Waals surface area contributed by atoms with Crippen LogP contribution >= 0.6 is 0 Å². The highest BCUT2D eigenvalue weighted by atomic mass is 16.8. The van der Waals surface area contributed by atoms with Gasteiger partial charge >= 0.3 is 12.1 Å². The number of fused-ring (bicyclic) bond motifs is 2. The van der Waals surface area contributed by atoms with Crippen LogP contribution in [-0.2, 0) is 33.2 Å². The maximum absolute atomic E-state index is 12.8. The summed E-state index contributed by atoms with van der Waals surface area (Å²) in [6.45, 7) is 12.8. The van der Waals surface area contributed by atoms with Crippen LogP contribution in [-0.4, -0.2) is 90.0 Å².